The maximum absolute atomic E-state index is 5.90. The van der Waals surface area contributed by atoms with Crippen molar-refractivity contribution in [3.8, 4) is 11.3 Å². The van der Waals surface area contributed by atoms with Crippen LogP contribution in [-0.4, -0.2) is 31.2 Å². The second-order valence-corrected chi connectivity index (χ2v) is 5.55. The highest BCUT2D eigenvalue weighted by molar-refractivity contribution is 6.30. The zero-order valence-electron chi connectivity index (χ0n) is 12.5. The lowest BCUT2D eigenvalue weighted by atomic mass is 10.2. The Kier molecular flexibility index (Phi) is 4.73. The number of nitrogens with one attached hydrogen (secondary N) is 1. The molecule has 7 heteroatoms. The number of halogens is 1. The molecule has 6 nitrogen and oxygen atoms in total. The Hall–Kier alpha value is -2.60. The van der Waals surface area contributed by atoms with E-state index < -0.39 is 0 Å². The molecular formula is C16H15ClN6. The largest absolute Gasteiger partial charge is 0.350 e. The number of rotatable bonds is 5. The molecule has 0 amide bonds. The van der Waals surface area contributed by atoms with Crippen LogP contribution in [0.15, 0.2) is 49.1 Å². The van der Waals surface area contributed by atoms with Crippen molar-refractivity contribution >= 4 is 17.5 Å². The van der Waals surface area contributed by atoms with E-state index in [-0.39, 0.29) is 6.04 Å². The third-order valence-electron chi connectivity index (χ3n) is 3.21. The Bertz CT molecular complexity index is 763. The third-order valence-corrected chi connectivity index (χ3v) is 3.46. The minimum atomic E-state index is 0.106. The molecule has 0 aliphatic rings. The Morgan fingerprint density at radius 3 is 2.70 bits per heavy atom. The van der Waals surface area contributed by atoms with Crippen LogP contribution in [0.1, 0.15) is 12.6 Å². The van der Waals surface area contributed by atoms with E-state index in [4.69, 9.17) is 11.6 Å². The van der Waals surface area contributed by atoms with Gasteiger partial charge in [-0.15, -0.1) is 5.10 Å². The van der Waals surface area contributed by atoms with Crippen LogP contribution < -0.4 is 5.32 Å². The van der Waals surface area contributed by atoms with E-state index in [1.165, 1.54) is 0 Å². The highest BCUT2D eigenvalue weighted by atomic mass is 35.5. The van der Waals surface area contributed by atoms with E-state index in [9.17, 15) is 0 Å². The zero-order chi connectivity index (χ0) is 16.1. The fourth-order valence-corrected chi connectivity index (χ4v) is 2.27. The molecule has 0 aliphatic carbocycles. The van der Waals surface area contributed by atoms with Crippen LogP contribution in [0, 0.1) is 0 Å². The van der Waals surface area contributed by atoms with Crippen molar-refractivity contribution in [1.29, 1.82) is 0 Å². The molecule has 1 atom stereocenters. The molecule has 116 valence electrons. The molecule has 3 aromatic rings. The van der Waals surface area contributed by atoms with Gasteiger partial charge in [-0.25, -0.2) is 4.98 Å². The first kappa shape index (κ1) is 15.3. The molecule has 0 saturated heterocycles. The van der Waals surface area contributed by atoms with Gasteiger partial charge in [0.1, 0.15) is 0 Å². The molecule has 0 aliphatic heterocycles. The molecule has 1 N–H and O–H groups in total. The summed E-state index contributed by atoms with van der Waals surface area (Å²) in [4.78, 5) is 12.8. The molecule has 23 heavy (non-hydrogen) atoms. The van der Waals surface area contributed by atoms with Gasteiger partial charge in [0.2, 0.25) is 5.95 Å². The highest BCUT2D eigenvalue weighted by Gasteiger charge is 2.08. The van der Waals surface area contributed by atoms with Gasteiger partial charge in [0.15, 0.2) is 0 Å². The summed E-state index contributed by atoms with van der Waals surface area (Å²) in [5.41, 5.74) is 2.59. The maximum Gasteiger partial charge on any atom is 0.243 e. The van der Waals surface area contributed by atoms with Crippen LogP contribution in [0.25, 0.3) is 11.3 Å². The lowest BCUT2D eigenvalue weighted by Gasteiger charge is -2.13. The number of nitrogens with zero attached hydrogens (tertiary/aromatic N) is 5. The van der Waals surface area contributed by atoms with Gasteiger partial charge >= 0.3 is 0 Å². The summed E-state index contributed by atoms with van der Waals surface area (Å²) < 4.78 is 0. The smallest absolute Gasteiger partial charge is 0.243 e. The van der Waals surface area contributed by atoms with E-state index in [1.807, 2.05) is 31.2 Å². The maximum atomic E-state index is 5.90. The second kappa shape index (κ2) is 7.11. The fraction of sp³-hybridized carbons (Fsp3) is 0.188. The highest BCUT2D eigenvalue weighted by Crippen LogP contribution is 2.19. The monoisotopic (exact) mass is 326 g/mol. The van der Waals surface area contributed by atoms with Crippen molar-refractivity contribution in [2.45, 2.75) is 19.4 Å². The zero-order valence-corrected chi connectivity index (χ0v) is 13.3. The first-order valence-electron chi connectivity index (χ1n) is 7.18. The van der Waals surface area contributed by atoms with E-state index in [0.29, 0.717) is 11.0 Å². The van der Waals surface area contributed by atoms with Gasteiger partial charge in [0.25, 0.3) is 0 Å². The van der Waals surface area contributed by atoms with E-state index in [2.05, 4.69) is 30.5 Å². The minimum Gasteiger partial charge on any atom is -0.350 e. The molecule has 0 bridgehead atoms. The number of anilines is 1. The fourth-order valence-electron chi connectivity index (χ4n) is 2.14. The molecule has 0 radical (unpaired) electrons. The third kappa shape index (κ3) is 4.20. The Labute approximate surface area is 139 Å². The normalized spacial score (nSPS) is 11.9. The first-order chi connectivity index (χ1) is 11.2. The standard InChI is InChI=1S/C16H15ClN6/c1-11(8-14-9-18-6-7-19-14)21-16-22-15(10-20-23-16)12-2-4-13(17)5-3-12/h2-7,9-11H,8H2,1H3,(H,21,22,23). The van der Waals surface area contributed by atoms with E-state index >= 15 is 0 Å². The first-order valence-corrected chi connectivity index (χ1v) is 7.55. The molecule has 3 rings (SSSR count). The molecule has 2 aromatic heterocycles. The summed E-state index contributed by atoms with van der Waals surface area (Å²) in [6.07, 6.45) is 7.44. The van der Waals surface area contributed by atoms with Gasteiger partial charge in [-0.05, 0) is 19.1 Å². The van der Waals surface area contributed by atoms with E-state index in [1.54, 1.807) is 24.8 Å². The van der Waals surface area contributed by atoms with Crippen molar-refractivity contribution in [3.63, 3.8) is 0 Å². The predicted molar refractivity (Wildman–Crippen MR) is 89.1 cm³/mol. The van der Waals surface area contributed by atoms with E-state index in [0.717, 1.165) is 23.4 Å². The summed E-state index contributed by atoms with van der Waals surface area (Å²) in [5, 5.41) is 12.0. The van der Waals surface area contributed by atoms with Crippen LogP contribution in [0.4, 0.5) is 5.95 Å². The molecule has 0 fully saturated rings. The summed E-state index contributed by atoms with van der Waals surface area (Å²) in [5.74, 6) is 0.480. The van der Waals surface area contributed by atoms with Crippen molar-refractivity contribution in [2.75, 3.05) is 5.32 Å². The van der Waals surface area contributed by atoms with Gasteiger partial charge < -0.3 is 5.32 Å². The number of hydrogen-bond donors (Lipinski definition) is 1. The molecule has 1 unspecified atom stereocenters. The number of benzene rings is 1. The summed E-state index contributed by atoms with van der Waals surface area (Å²) in [6, 6.07) is 7.55. The Morgan fingerprint density at radius 1 is 1.13 bits per heavy atom. The van der Waals surface area contributed by atoms with Crippen LogP contribution >= 0.6 is 11.6 Å². The number of hydrogen-bond acceptors (Lipinski definition) is 6. The van der Waals surface area contributed by atoms with Gasteiger partial charge in [0.05, 0.1) is 17.6 Å². The second-order valence-electron chi connectivity index (χ2n) is 5.12. The quantitative estimate of drug-likeness (QED) is 0.776. The summed E-state index contributed by atoms with van der Waals surface area (Å²) in [7, 11) is 0. The van der Waals surface area contributed by atoms with Crippen LogP contribution in [0.3, 0.4) is 0 Å². The lowest BCUT2D eigenvalue weighted by molar-refractivity contribution is 0.748. The molecule has 2 heterocycles. The molecule has 0 spiro atoms. The number of aromatic nitrogens is 5. The minimum absolute atomic E-state index is 0.106. The summed E-state index contributed by atoms with van der Waals surface area (Å²) >= 11 is 5.90. The van der Waals surface area contributed by atoms with Crippen LogP contribution in [-0.2, 0) is 6.42 Å². The van der Waals surface area contributed by atoms with Crippen molar-refractivity contribution in [3.05, 3.63) is 59.8 Å². The predicted octanol–water partition coefficient (Wildman–Crippen LogP) is 3.03. The van der Waals surface area contributed by atoms with Crippen molar-refractivity contribution in [1.82, 2.24) is 25.1 Å². The summed E-state index contributed by atoms with van der Waals surface area (Å²) in [6.45, 7) is 2.03. The molecule has 1 aromatic carbocycles. The topological polar surface area (TPSA) is 76.5 Å². The Balaban J connectivity index is 1.71. The average molecular weight is 327 g/mol. The van der Waals surface area contributed by atoms with Crippen LogP contribution in [0.2, 0.25) is 5.02 Å². The molecule has 0 saturated carbocycles. The van der Waals surface area contributed by atoms with Crippen molar-refractivity contribution in [2.24, 2.45) is 0 Å². The average Bonchev–Trinajstić information content (AvgIpc) is 2.56. The van der Waals surface area contributed by atoms with Gasteiger partial charge in [-0.2, -0.15) is 5.10 Å². The SMILES string of the molecule is CC(Cc1cnccn1)Nc1nncc(-c2ccc(Cl)cc2)n1. The van der Waals surface area contributed by atoms with Crippen LogP contribution in [0.5, 0.6) is 0 Å². The van der Waals surface area contributed by atoms with Gasteiger partial charge in [-0.3, -0.25) is 9.97 Å². The lowest BCUT2D eigenvalue weighted by Crippen LogP contribution is -2.20. The van der Waals surface area contributed by atoms with Gasteiger partial charge in [-0.1, -0.05) is 23.7 Å². The Morgan fingerprint density at radius 2 is 1.96 bits per heavy atom. The van der Waals surface area contributed by atoms with Gasteiger partial charge in [0, 0.05) is 41.6 Å². The van der Waals surface area contributed by atoms with Crippen molar-refractivity contribution < 1.29 is 0 Å². The molecular weight excluding hydrogens is 312 g/mol.